The van der Waals surface area contributed by atoms with E-state index in [-0.39, 0.29) is 0 Å². The van der Waals surface area contributed by atoms with Gasteiger partial charge in [-0.2, -0.15) is 0 Å². The number of rotatable bonds is 3. The lowest BCUT2D eigenvalue weighted by molar-refractivity contribution is 1.21. The molecule has 128 valence electrons. The number of halogens is 2. The Morgan fingerprint density at radius 2 is 1.65 bits per heavy atom. The minimum Gasteiger partial charge on any atom is -0.323 e. The summed E-state index contributed by atoms with van der Waals surface area (Å²) in [6, 6.07) is 21.5. The first-order valence-electron chi connectivity index (χ1n) is 8.16. The lowest BCUT2D eigenvalue weighted by Crippen LogP contribution is -2.00. The van der Waals surface area contributed by atoms with Gasteiger partial charge in [-0.25, -0.2) is 9.97 Å². The monoisotopic (exact) mass is 379 g/mol. The summed E-state index contributed by atoms with van der Waals surface area (Å²) in [5.41, 5.74) is 4.61. The van der Waals surface area contributed by atoms with Crippen molar-refractivity contribution >= 4 is 45.7 Å². The molecule has 1 heterocycles. The molecule has 0 amide bonds. The van der Waals surface area contributed by atoms with Crippen molar-refractivity contribution in [2.75, 3.05) is 5.32 Å². The molecule has 0 aliphatic carbocycles. The van der Waals surface area contributed by atoms with Crippen LogP contribution in [-0.4, -0.2) is 9.97 Å². The van der Waals surface area contributed by atoms with Gasteiger partial charge in [0.1, 0.15) is 0 Å². The molecule has 4 rings (SSSR count). The summed E-state index contributed by atoms with van der Waals surface area (Å²) >= 11 is 12.3. The molecular weight excluding hydrogens is 365 g/mol. The number of hydrogen-bond acceptors (Lipinski definition) is 3. The van der Waals surface area contributed by atoms with Gasteiger partial charge in [0.2, 0.25) is 5.95 Å². The predicted molar refractivity (Wildman–Crippen MR) is 109 cm³/mol. The number of nitrogens with zero attached hydrogens (tertiary/aromatic N) is 2. The first kappa shape index (κ1) is 16.8. The number of fused-ring (bicyclic) bond motifs is 1. The average molecular weight is 380 g/mol. The molecule has 0 atom stereocenters. The molecule has 4 aromatic rings. The molecule has 0 saturated carbocycles. The Balaban J connectivity index is 1.89. The largest absolute Gasteiger partial charge is 0.323 e. The van der Waals surface area contributed by atoms with Crippen molar-refractivity contribution < 1.29 is 0 Å². The highest BCUT2D eigenvalue weighted by molar-refractivity contribution is 6.35. The van der Waals surface area contributed by atoms with Crippen LogP contribution in [0, 0.1) is 6.92 Å². The minimum atomic E-state index is 0.476. The molecule has 26 heavy (non-hydrogen) atoms. The molecular formula is C21H15Cl2N3. The molecule has 0 bridgehead atoms. The van der Waals surface area contributed by atoms with E-state index >= 15 is 0 Å². The third kappa shape index (κ3) is 3.36. The van der Waals surface area contributed by atoms with E-state index in [1.165, 1.54) is 0 Å². The molecule has 0 aliphatic heterocycles. The summed E-state index contributed by atoms with van der Waals surface area (Å²) in [6.07, 6.45) is 0. The summed E-state index contributed by atoms with van der Waals surface area (Å²) < 4.78 is 0. The second-order valence-electron chi connectivity index (χ2n) is 6.03. The Kier molecular flexibility index (Phi) is 4.49. The zero-order chi connectivity index (χ0) is 18.1. The van der Waals surface area contributed by atoms with Crippen LogP contribution in [0.25, 0.3) is 22.2 Å². The maximum Gasteiger partial charge on any atom is 0.228 e. The minimum absolute atomic E-state index is 0.476. The van der Waals surface area contributed by atoms with Crippen LogP contribution in [-0.2, 0) is 0 Å². The molecule has 0 aliphatic rings. The van der Waals surface area contributed by atoms with Gasteiger partial charge >= 0.3 is 0 Å². The average Bonchev–Trinajstić information content (AvgIpc) is 2.65. The van der Waals surface area contributed by atoms with Crippen LogP contribution in [0.15, 0.2) is 66.7 Å². The highest BCUT2D eigenvalue weighted by Crippen LogP contribution is 2.31. The van der Waals surface area contributed by atoms with Crippen LogP contribution >= 0.6 is 23.2 Å². The smallest absolute Gasteiger partial charge is 0.228 e. The van der Waals surface area contributed by atoms with Crippen molar-refractivity contribution in [3.05, 3.63) is 82.3 Å². The topological polar surface area (TPSA) is 37.8 Å². The predicted octanol–water partition coefficient (Wildman–Crippen LogP) is 6.66. The number of nitrogens with one attached hydrogen (secondary N) is 1. The zero-order valence-electron chi connectivity index (χ0n) is 14.0. The molecule has 0 unspecified atom stereocenters. The first-order valence-corrected chi connectivity index (χ1v) is 8.92. The molecule has 0 fully saturated rings. The zero-order valence-corrected chi connectivity index (χ0v) is 15.5. The van der Waals surface area contributed by atoms with Crippen molar-refractivity contribution in [2.24, 2.45) is 0 Å². The molecule has 0 spiro atoms. The maximum atomic E-state index is 6.27. The van der Waals surface area contributed by atoms with E-state index in [9.17, 15) is 0 Å². The summed E-state index contributed by atoms with van der Waals surface area (Å²) in [6.45, 7) is 2.06. The Hall–Kier alpha value is -2.62. The van der Waals surface area contributed by atoms with Crippen LogP contribution in [0.5, 0.6) is 0 Å². The van der Waals surface area contributed by atoms with Crippen LogP contribution in [0.1, 0.15) is 5.56 Å². The molecule has 1 N–H and O–H groups in total. The molecule has 0 saturated heterocycles. The third-order valence-corrected chi connectivity index (χ3v) is 4.64. The molecule has 5 heteroatoms. The van der Waals surface area contributed by atoms with Gasteiger partial charge in [0.05, 0.1) is 21.9 Å². The van der Waals surface area contributed by atoms with Crippen molar-refractivity contribution in [1.29, 1.82) is 0 Å². The summed E-state index contributed by atoms with van der Waals surface area (Å²) in [4.78, 5) is 9.40. The van der Waals surface area contributed by atoms with Gasteiger partial charge in [-0.15, -0.1) is 0 Å². The van der Waals surface area contributed by atoms with E-state index in [1.807, 2.05) is 42.5 Å². The molecule has 0 radical (unpaired) electrons. The van der Waals surface area contributed by atoms with Crippen LogP contribution in [0.2, 0.25) is 10.0 Å². The fourth-order valence-corrected chi connectivity index (χ4v) is 3.16. The summed E-state index contributed by atoms with van der Waals surface area (Å²) in [7, 11) is 0. The second kappa shape index (κ2) is 6.94. The highest BCUT2D eigenvalue weighted by atomic mass is 35.5. The third-order valence-electron chi connectivity index (χ3n) is 4.07. The van der Waals surface area contributed by atoms with E-state index in [1.54, 1.807) is 18.2 Å². The maximum absolute atomic E-state index is 6.27. The fraction of sp³-hybridized carbons (Fsp3) is 0.0476. The van der Waals surface area contributed by atoms with E-state index in [0.29, 0.717) is 21.7 Å². The Morgan fingerprint density at radius 3 is 2.46 bits per heavy atom. The van der Waals surface area contributed by atoms with Gasteiger partial charge in [-0.1, -0.05) is 65.2 Å². The molecule has 3 nitrogen and oxygen atoms in total. The first-order chi connectivity index (χ1) is 12.6. The van der Waals surface area contributed by atoms with E-state index < -0.39 is 0 Å². The fourth-order valence-electron chi connectivity index (χ4n) is 2.83. The number of anilines is 2. The number of hydrogen-bond donors (Lipinski definition) is 1. The number of aromatic nitrogens is 2. The van der Waals surface area contributed by atoms with Crippen LogP contribution in [0.4, 0.5) is 11.6 Å². The SMILES string of the molecule is Cc1ccc2nc(Nc3cc(Cl)ccc3Cl)nc(-c3ccccc3)c2c1. The Labute approximate surface area is 161 Å². The van der Waals surface area contributed by atoms with Crippen molar-refractivity contribution in [3.8, 4) is 11.3 Å². The number of aryl methyl sites for hydroxylation is 1. The Bertz CT molecular complexity index is 1100. The van der Waals surface area contributed by atoms with E-state index in [2.05, 4.69) is 23.3 Å². The van der Waals surface area contributed by atoms with Gasteiger partial charge < -0.3 is 5.32 Å². The van der Waals surface area contributed by atoms with Gasteiger partial charge in [-0.3, -0.25) is 0 Å². The molecule has 3 aromatic carbocycles. The van der Waals surface area contributed by atoms with Crippen LogP contribution < -0.4 is 5.32 Å². The van der Waals surface area contributed by atoms with Gasteiger partial charge in [-0.05, 0) is 37.3 Å². The van der Waals surface area contributed by atoms with Gasteiger partial charge in [0, 0.05) is 16.0 Å². The molecule has 1 aromatic heterocycles. The number of benzene rings is 3. The van der Waals surface area contributed by atoms with E-state index in [0.717, 1.165) is 27.7 Å². The highest BCUT2D eigenvalue weighted by Gasteiger charge is 2.11. The second-order valence-corrected chi connectivity index (χ2v) is 6.88. The standard InChI is InChI=1S/C21H15Cl2N3/c1-13-7-10-18-16(11-13)20(14-5-3-2-4-6-14)26-21(24-18)25-19-12-15(22)8-9-17(19)23/h2-12H,1H3,(H,24,25,26). The lowest BCUT2D eigenvalue weighted by atomic mass is 10.0. The quantitative estimate of drug-likeness (QED) is 0.432. The Morgan fingerprint density at radius 1 is 0.846 bits per heavy atom. The van der Waals surface area contributed by atoms with Crippen molar-refractivity contribution in [1.82, 2.24) is 9.97 Å². The normalized spacial score (nSPS) is 10.9. The van der Waals surface area contributed by atoms with Crippen molar-refractivity contribution in [3.63, 3.8) is 0 Å². The van der Waals surface area contributed by atoms with Crippen LogP contribution in [0.3, 0.4) is 0 Å². The summed E-state index contributed by atoms with van der Waals surface area (Å²) in [5, 5.41) is 5.36. The van der Waals surface area contributed by atoms with Crippen molar-refractivity contribution in [2.45, 2.75) is 6.92 Å². The summed E-state index contributed by atoms with van der Waals surface area (Å²) in [5.74, 6) is 0.476. The van der Waals surface area contributed by atoms with E-state index in [4.69, 9.17) is 28.2 Å². The van der Waals surface area contributed by atoms with Gasteiger partial charge in [0.25, 0.3) is 0 Å². The van der Waals surface area contributed by atoms with Gasteiger partial charge in [0.15, 0.2) is 0 Å². The lowest BCUT2D eigenvalue weighted by Gasteiger charge is -2.12.